The minimum absolute atomic E-state index is 0.139. The molecule has 1 atom stereocenters. The van der Waals surface area contributed by atoms with E-state index in [0.29, 0.717) is 37.0 Å². The summed E-state index contributed by atoms with van der Waals surface area (Å²) in [6.07, 6.45) is 4.92. The van der Waals surface area contributed by atoms with E-state index >= 15 is 0 Å². The molecular weight excluding hydrogens is 344 g/mol. The standard InChI is InChI=1S/C19H18N6O2/c1-26-19-7-17(22-13-23-19)25-10-15-3-2-6-24(15)11-16(12-25)27-18-5-4-14(8-20)9-21-18/h2-7,9,13,16H,10-12H2,1H3. The third-order valence-electron chi connectivity index (χ3n) is 4.41. The summed E-state index contributed by atoms with van der Waals surface area (Å²) in [4.78, 5) is 14.8. The Labute approximate surface area is 156 Å². The zero-order chi connectivity index (χ0) is 18.6. The molecule has 8 heteroatoms. The first-order chi connectivity index (χ1) is 13.2. The number of pyridine rings is 1. The van der Waals surface area contributed by atoms with Crippen molar-refractivity contribution in [2.24, 2.45) is 0 Å². The van der Waals surface area contributed by atoms with Gasteiger partial charge in [0.15, 0.2) is 0 Å². The van der Waals surface area contributed by atoms with Crippen LogP contribution in [0.25, 0.3) is 0 Å². The average molecular weight is 362 g/mol. The normalized spacial score (nSPS) is 16.1. The summed E-state index contributed by atoms with van der Waals surface area (Å²) in [5.74, 6) is 1.79. The molecular formula is C19H18N6O2. The van der Waals surface area contributed by atoms with Gasteiger partial charge in [-0.2, -0.15) is 5.26 Å². The number of methoxy groups -OCH3 is 1. The molecule has 4 heterocycles. The summed E-state index contributed by atoms with van der Waals surface area (Å²) in [6.45, 7) is 2.03. The average Bonchev–Trinajstić information content (AvgIpc) is 3.07. The number of rotatable bonds is 4. The van der Waals surface area contributed by atoms with E-state index in [1.165, 1.54) is 18.2 Å². The van der Waals surface area contributed by atoms with Gasteiger partial charge in [-0.05, 0) is 18.2 Å². The van der Waals surface area contributed by atoms with Gasteiger partial charge in [-0.1, -0.05) is 0 Å². The van der Waals surface area contributed by atoms with Crippen LogP contribution in [0.2, 0.25) is 0 Å². The SMILES string of the molecule is COc1cc(N2Cc3cccn3CC(Oc3ccc(C#N)cn3)C2)ncn1. The van der Waals surface area contributed by atoms with Crippen LogP contribution < -0.4 is 14.4 Å². The van der Waals surface area contributed by atoms with Crippen molar-refractivity contribution < 1.29 is 9.47 Å². The van der Waals surface area contributed by atoms with Crippen LogP contribution in [0.15, 0.2) is 49.1 Å². The minimum Gasteiger partial charge on any atom is -0.481 e. The Balaban J connectivity index is 1.60. The maximum Gasteiger partial charge on any atom is 0.218 e. The highest BCUT2D eigenvalue weighted by Crippen LogP contribution is 2.23. The molecule has 0 aliphatic carbocycles. The summed E-state index contributed by atoms with van der Waals surface area (Å²) >= 11 is 0. The maximum absolute atomic E-state index is 8.91. The zero-order valence-corrected chi connectivity index (χ0v) is 14.8. The van der Waals surface area contributed by atoms with E-state index in [-0.39, 0.29) is 6.10 Å². The van der Waals surface area contributed by atoms with Crippen LogP contribution in [0.1, 0.15) is 11.3 Å². The van der Waals surface area contributed by atoms with Gasteiger partial charge in [-0.15, -0.1) is 0 Å². The van der Waals surface area contributed by atoms with Crippen molar-refractivity contribution in [1.29, 1.82) is 5.26 Å². The second-order valence-electron chi connectivity index (χ2n) is 6.19. The Morgan fingerprint density at radius 2 is 2.07 bits per heavy atom. The van der Waals surface area contributed by atoms with Crippen molar-refractivity contribution >= 4 is 5.82 Å². The third-order valence-corrected chi connectivity index (χ3v) is 4.41. The first-order valence-electron chi connectivity index (χ1n) is 8.53. The summed E-state index contributed by atoms with van der Waals surface area (Å²) in [5, 5.41) is 8.91. The fourth-order valence-corrected chi connectivity index (χ4v) is 3.10. The first kappa shape index (κ1) is 16.8. The minimum atomic E-state index is -0.139. The van der Waals surface area contributed by atoms with E-state index in [4.69, 9.17) is 14.7 Å². The Bertz CT molecular complexity index is 963. The quantitative estimate of drug-likeness (QED) is 0.701. The van der Waals surface area contributed by atoms with E-state index in [1.807, 2.05) is 18.3 Å². The molecule has 4 rings (SSSR count). The number of aromatic nitrogens is 4. The number of anilines is 1. The molecule has 1 unspecified atom stereocenters. The highest BCUT2D eigenvalue weighted by atomic mass is 16.5. The topological polar surface area (TPSA) is 89.1 Å². The van der Waals surface area contributed by atoms with Gasteiger partial charge in [0.05, 0.1) is 32.3 Å². The molecule has 8 nitrogen and oxygen atoms in total. The molecule has 0 N–H and O–H groups in total. The molecule has 0 amide bonds. The lowest BCUT2D eigenvalue weighted by Crippen LogP contribution is -2.35. The molecule has 0 saturated heterocycles. The number of fused-ring (bicyclic) bond motifs is 1. The van der Waals surface area contributed by atoms with Crippen molar-refractivity contribution in [1.82, 2.24) is 19.5 Å². The van der Waals surface area contributed by atoms with Crippen LogP contribution in [0.3, 0.4) is 0 Å². The number of nitrogens with zero attached hydrogens (tertiary/aromatic N) is 6. The molecule has 0 aromatic carbocycles. The molecule has 1 aliphatic heterocycles. The Kier molecular flexibility index (Phi) is 4.58. The smallest absolute Gasteiger partial charge is 0.218 e. The maximum atomic E-state index is 8.91. The lowest BCUT2D eigenvalue weighted by Gasteiger charge is -2.25. The Morgan fingerprint density at radius 3 is 2.85 bits per heavy atom. The fraction of sp³-hybridized carbons (Fsp3) is 0.263. The lowest BCUT2D eigenvalue weighted by atomic mass is 10.3. The molecule has 136 valence electrons. The van der Waals surface area contributed by atoms with Crippen LogP contribution in [0.4, 0.5) is 5.82 Å². The lowest BCUT2D eigenvalue weighted by molar-refractivity contribution is 0.182. The largest absolute Gasteiger partial charge is 0.481 e. The highest BCUT2D eigenvalue weighted by molar-refractivity contribution is 5.42. The van der Waals surface area contributed by atoms with Crippen molar-refractivity contribution in [3.05, 3.63) is 60.3 Å². The number of nitriles is 1. The van der Waals surface area contributed by atoms with Gasteiger partial charge in [0.25, 0.3) is 0 Å². The van der Waals surface area contributed by atoms with Gasteiger partial charge in [-0.3, -0.25) is 0 Å². The Hall–Kier alpha value is -3.60. The van der Waals surface area contributed by atoms with Gasteiger partial charge < -0.3 is 18.9 Å². The molecule has 0 bridgehead atoms. The van der Waals surface area contributed by atoms with E-state index in [1.54, 1.807) is 19.2 Å². The fourth-order valence-electron chi connectivity index (χ4n) is 3.10. The zero-order valence-electron chi connectivity index (χ0n) is 14.8. The van der Waals surface area contributed by atoms with Gasteiger partial charge >= 0.3 is 0 Å². The molecule has 0 saturated carbocycles. The third kappa shape index (κ3) is 3.67. The predicted octanol–water partition coefficient (Wildman–Crippen LogP) is 2.02. The second kappa shape index (κ2) is 7.33. The molecule has 0 spiro atoms. The highest BCUT2D eigenvalue weighted by Gasteiger charge is 2.24. The van der Waals surface area contributed by atoms with Gasteiger partial charge in [-0.25, -0.2) is 15.0 Å². The van der Waals surface area contributed by atoms with Crippen molar-refractivity contribution in [2.45, 2.75) is 19.2 Å². The van der Waals surface area contributed by atoms with E-state index in [9.17, 15) is 0 Å². The molecule has 3 aromatic heterocycles. The van der Waals surface area contributed by atoms with E-state index < -0.39 is 0 Å². The summed E-state index contributed by atoms with van der Waals surface area (Å²) in [5.41, 5.74) is 1.68. The predicted molar refractivity (Wildman–Crippen MR) is 97.4 cm³/mol. The van der Waals surface area contributed by atoms with Crippen molar-refractivity contribution in [3.8, 4) is 17.8 Å². The molecule has 0 radical (unpaired) electrons. The summed E-state index contributed by atoms with van der Waals surface area (Å²) < 4.78 is 13.5. The monoisotopic (exact) mass is 362 g/mol. The second-order valence-corrected chi connectivity index (χ2v) is 6.19. The number of hydrogen-bond acceptors (Lipinski definition) is 7. The van der Waals surface area contributed by atoms with Crippen molar-refractivity contribution in [3.63, 3.8) is 0 Å². The first-order valence-corrected chi connectivity index (χ1v) is 8.53. The summed E-state index contributed by atoms with van der Waals surface area (Å²) in [6, 6.07) is 11.4. The van der Waals surface area contributed by atoms with Crippen LogP contribution in [0.5, 0.6) is 11.8 Å². The van der Waals surface area contributed by atoms with Gasteiger partial charge in [0.1, 0.15) is 24.3 Å². The Morgan fingerprint density at radius 1 is 1.15 bits per heavy atom. The summed E-state index contributed by atoms with van der Waals surface area (Å²) in [7, 11) is 1.59. The molecule has 27 heavy (non-hydrogen) atoms. The van der Waals surface area contributed by atoms with Crippen LogP contribution >= 0.6 is 0 Å². The van der Waals surface area contributed by atoms with Crippen LogP contribution in [-0.4, -0.2) is 39.3 Å². The van der Waals surface area contributed by atoms with Crippen molar-refractivity contribution in [2.75, 3.05) is 18.6 Å². The number of hydrogen-bond donors (Lipinski definition) is 0. The number of ether oxygens (including phenoxy) is 2. The van der Waals surface area contributed by atoms with E-state index in [0.717, 1.165) is 5.82 Å². The van der Waals surface area contributed by atoms with E-state index in [2.05, 4.69) is 36.6 Å². The van der Waals surface area contributed by atoms with Gasteiger partial charge in [0, 0.05) is 30.2 Å². The molecule has 1 aliphatic rings. The van der Waals surface area contributed by atoms with Crippen LogP contribution in [-0.2, 0) is 13.1 Å². The van der Waals surface area contributed by atoms with Crippen LogP contribution in [0, 0.1) is 11.3 Å². The molecule has 3 aromatic rings. The molecule has 0 fully saturated rings. The van der Waals surface area contributed by atoms with Gasteiger partial charge in [0.2, 0.25) is 11.8 Å².